The van der Waals surface area contributed by atoms with Crippen molar-refractivity contribution in [3.63, 3.8) is 0 Å². The van der Waals surface area contributed by atoms with Crippen molar-refractivity contribution in [1.29, 1.82) is 0 Å². The lowest BCUT2D eigenvalue weighted by Crippen LogP contribution is -2.21. The smallest absolute Gasteiger partial charge is 0.255 e. The van der Waals surface area contributed by atoms with Gasteiger partial charge in [-0.25, -0.2) is 13.4 Å². The van der Waals surface area contributed by atoms with Gasteiger partial charge >= 0.3 is 0 Å². The zero-order valence-electron chi connectivity index (χ0n) is 18.1. The number of fused-ring (bicyclic) bond motifs is 3. The fourth-order valence-electron chi connectivity index (χ4n) is 4.19. The van der Waals surface area contributed by atoms with Gasteiger partial charge in [0.2, 0.25) is 9.84 Å². The summed E-state index contributed by atoms with van der Waals surface area (Å²) in [6, 6.07) is 25.4. The average molecular weight is 497 g/mol. The van der Waals surface area contributed by atoms with Crippen molar-refractivity contribution in [3.8, 4) is 10.6 Å². The summed E-state index contributed by atoms with van der Waals surface area (Å²) in [5.74, 6) is -0.860. The minimum atomic E-state index is -3.94. The first-order chi connectivity index (χ1) is 16.9. The molecular weight excluding hydrogens is 480 g/mol. The van der Waals surface area contributed by atoms with Gasteiger partial charge in [-0.2, -0.15) is 0 Å². The molecule has 170 valence electrons. The van der Waals surface area contributed by atoms with E-state index in [2.05, 4.69) is 10.3 Å². The molecule has 1 aromatic heterocycles. The van der Waals surface area contributed by atoms with Gasteiger partial charge in [0.05, 0.1) is 25.7 Å². The van der Waals surface area contributed by atoms with Gasteiger partial charge in [-0.1, -0.05) is 36.4 Å². The number of anilines is 1. The van der Waals surface area contributed by atoms with E-state index in [9.17, 15) is 18.0 Å². The van der Waals surface area contributed by atoms with Crippen molar-refractivity contribution in [2.45, 2.75) is 9.79 Å². The molecule has 1 aliphatic heterocycles. The number of nitrogens with zero attached hydrogens (tertiary/aromatic N) is 1. The molecule has 0 aliphatic carbocycles. The molecule has 1 aliphatic rings. The maximum atomic E-state index is 13.2. The van der Waals surface area contributed by atoms with Gasteiger partial charge in [-0.3, -0.25) is 9.59 Å². The highest BCUT2D eigenvalue weighted by Gasteiger charge is 2.35. The molecule has 1 N–H and O–H groups in total. The number of hydrogen-bond acceptors (Lipinski definition) is 6. The monoisotopic (exact) mass is 496 g/mol. The first-order valence-electron chi connectivity index (χ1n) is 10.7. The van der Waals surface area contributed by atoms with E-state index in [4.69, 9.17) is 0 Å². The summed E-state index contributed by atoms with van der Waals surface area (Å²) in [5, 5.41) is 3.64. The van der Waals surface area contributed by atoms with E-state index in [1.54, 1.807) is 24.3 Å². The number of sulfone groups is 1. The molecule has 0 fully saturated rings. The second-order valence-corrected chi connectivity index (χ2v) is 10.9. The summed E-state index contributed by atoms with van der Waals surface area (Å²) in [7, 11) is -3.94. The molecule has 5 aromatic rings. The van der Waals surface area contributed by atoms with E-state index in [1.807, 2.05) is 36.4 Å². The van der Waals surface area contributed by atoms with Gasteiger partial charge in [0.15, 0.2) is 5.78 Å². The highest BCUT2D eigenvalue weighted by Crippen LogP contribution is 2.36. The molecule has 0 saturated heterocycles. The van der Waals surface area contributed by atoms with Crippen LogP contribution in [0.4, 0.5) is 5.69 Å². The number of carbonyl (C=O) groups is 2. The maximum Gasteiger partial charge on any atom is 0.255 e. The van der Waals surface area contributed by atoms with Crippen LogP contribution >= 0.6 is 11.3 Å². The molecule has 0 saturated carbocycles. The lowest BCUT2D eigenvalue weighted by molar-refractivity contribution is 0.101. The largest absolute Gasteiger partial charge is 0.321 e. The van der Waals surface area contributed by atoms with E-state index in [0.29, 0.717) is 5.69 Å². The summed E-state index contributed by atoms with van der Waals surface area (Å²) in [6.45, 7) is 0. The zero-order valence-corrected chi connectivity index (χ0v) is 19.7. The number of nitrogens with one attached hydrogen (secondary N) is 1. The van der Waals surface area contributed by atoms with Crippen LogP contribution in [-0.2, 0) is 9.84 Å². The second kappa shape index (κ2) is 7.97. The van der Waals surface area contributed by atoms with Crippen LogP contribution < -0.4 is 5.32 Å². The SMILES string of the molecule is O=C(Nc1ccccc1-c1nc2ccccc2s1)c1ccc2c(c1)S(=O)(=O)c1ccccc1C2=O. The molecule has 0 radical (unpaired) electrons. The van der Waals surface area contributed by atoms with Crippen molar-refractivity contribution >= 4 is 48.8 Å². The second-order valence-electron chi connectivity index (χ2n) is 8.03. The van der Waals surface area contributed by atoms with Crippen LogP contribution in [-0.4, -0.2) is 25.1 Å². The minimum Gasteiger partial charge on any atom is -0.321 e. The van der Waals surface area contributed by atoms with Crippen molar-refractivity contribution in [2.75, 3.05) is 5.32 Å². The quantitative estimate of drug-likeness (QED) is 0.345. The Morgan fingerprint density at radius 3 is 2.29 bits per heavy atom. The summed E-state index contributed by atoms with van der Waals surface area (Å²) in [4.78, 5) is 30.5. The number of hydrogen-bond donors (Lipinski definition) is 1. The van der Waals surface area contributed by atoms with E-state index < -0.39 is 15.7 Å². The van der Waals surface area contributed by atoms with E-state index in [0.717, 1.165) is 20.8 Å². The topological polar surface area (TPSA) is 93.2 Å². The van der Waals surface area contributed by atoms with Crippen LogP contribution in [0.1, 0.15) is 26.3 Å². The zero-order chi connectivity index (χ0) is 24.2. The van der Waals surface area contributed by atoms with Crippen molar-refractivity contribution in [3.05, 3.63) is 108 Å². The molecule has 6 nitrogen and oxygen atoms in total. The summed E-state index contributed by atoms with van der Waals surface area (Å²) >= 11 is 1.52. The number of aromatic nitrogens is 1. The van der Waals surface area contributed by atoms with Crippen LogP contribution in [0.25, 0.3) is 20.8 Å². The predicted octanol–water partition coefficient (Wildman–Crippen LogP) is 5.59. The molecular formula is C27H16N2O4S2. The van der Waals surface area contributed by atoms with Crippen LogP contribution in [0.15, 0.2) is 101 Å². The summed E-state index contributed by atoms with van der Waals surface area (Å²) < 4.78 is 27.5. The Balaban J connectivity index is 1.37. The molecule has 2 heterocycles. The Labute approximate surface area is 204 Å². The van der Waals surface area contributed by atoms with Gasteiger partial charge in [0.1, 0.15) is 5.01 Å². The Kier molecular flexibility index (Phi) is 4.87. The van der Waals surface area contributed by atoms with Crippen molar-refractivity contribution in [1.82, 2.24) is 4.98 Å². The minimum absolute atomic E-state index is 0.0451. The van der Waals surface area contributed by atoms with Gasteiger partial charge in [-0.15, -0.1) is 11.3 Å². The Morgan fingerprint density at radius 2 is 1.46 bits per heavy atom. The number of rotatable bonds is 3. The number of ketones is 1. The first kappa shape index (κ1) is 21.4. The highest BCUT2D eigenvalue weighted by atomic mass is 32.2. The van der Waals surface area contributed by atoms with Crippen LogP contribution in [0, 0.1) is 0 Å². The Hall–Kier alpha value is -4.14. The van der Waals surface area contributed by atoms with E-state index in [-0.39, 0.29) is 32.3 Å². The molecule has 0 atom stereocenters. The predicted molar refractivity (Wildman–Crippen MR) is 135 cm³/mol. The summed E-state index contributed by atoms with van der Waals surface area (Å²) in [5.41, 5.74) is 2.53. The van der Waals surface area contributed by atoms with Crippen molar-refractivity contribution < 1.29 is 18.0 Å². The lowest BCUT2D eigenvalue weighted by atomic mass is 10.0. The van der Waals surface area contributed by atoms with Gasteiger partial charge in [-0.05, 0) is 54.6 Å². The number of para-hydroxylation sites is 2. The molecule has 1 amide bonds. The molecule has 6 rings (SSSR count). The summed E-state index contributed by atoms with van der Waals surface area (Å²) in [6.07, 6.45) is 0. The van der Waals surface area contributed by atoms with Crippen LogP contribution in [0.5, 0.6) is 0 Å². The van der Waals surface area contributed by atoms with Gasteiger partial charge in [0, 0.05) is 22.3 Å². The normalized spacial score (nSPS) is 13.8. The Morgan fingerprint density at radius 1 is 0.771 bits per heavy atom. The number of benzene rings is 4. The van der Waals surface area contributed by atoms with E-state index >= 15 is 0 Å². The van der Waals surface area contributed by atoms with E-state index in [1.165, 1.54) is 41.7 Å². The third-order valence-corrected chi connectivity index (χ3v) is 8.82. The number of amides is 1. The molecule has 4 aromatic carbocycles. The standard InChI is InChI=1S/C27H16N2O4S2/c30-25-18-8-2-6-12-23(18)35(32,33)24-15-16(13-14-19(24)25)26(31)28-20-9-3-1-7-17(20)27-29-21-10-4-5-11-22(21)34-27/h1-15H,(H,28,31). The molecule has 35 heavy (non-hydrogen) atoms. The lowest BCUT2D eigenvalue weighted by Gasteiger charge is -2.19. The highest BCUT2D eigenvalue weighted by molar-refractivity contribution is 7.91. The fourth-order valence-corrected chi connectivity index (χ4v) is 6.87. The van der Waals surface area contributed by atoms with Crippen LogP contribution in [0.2, 0.25) is 0 Å². The molecule has 8 heteroatoms. The van der Waals surface area contributed by atoms with Crippen molar-refractivity contribution in [2.24, 2.45) is 0 Å². The van der Waals surface area contributed by atoms with Gasteiger partial charge in [0.25, 0.3) is 5.91 Å². The Bertz CT molecular complexity index is 1760. The third-order valence-electron chi connectivity index (χ3n) is 5.90. The average Bonchev–Trinajstić information content (AvgIpc) is 3.32. The number of carbonyl (C=O) groups excluding carboxylic acids is 2. The third kappa shape index (κ3) is 3.46. The van der Waals surface area contributed by atoms with Crippen LogP contribution in [0.3, 0.4) is 0 Å². The van der Waals surface area contributed by atoms with Gasteiger partial charge < -0.3 is 5.32 Å². The molecule has 0 spiro atoms. The fraction of sp³-hybridized carbons (Fsp3) is 0. The molecule has 0 bridgehead atoms. The molecule has 0 unspecified atom stereocenters. The first-order valence-corrected chi connectivity index (χ1v) is 13.0. The number of thiazole rings is 1. The maximum absolute atomic E-state index is 13.2.